The molecule has 2 N–H and O–H groups in total. The fraction of sp³-hybridized carbons (Fsp3) is 0.750. The molecule has 1 fully saturated rings. The zero-order chi connectivity index (χ0) is 13.7. The SMILES string of the molecule is CC1(C)Cc2c(ccn2C2(C)CCOCC2)C(N)C1. The lowest BCUT2D eigenvalue weighted by Gasteiger charge is -2.40. The van der Waals surface area contributed by atoms with Gasteiger partial charge in [-0.25, -0.2) is 0 Å². The van der Waals surface area contributed by atoms with Crippen LogP contribution in [0.15, 0.2) is 12.3 Å². The molecule has 0 spiro atoms. The summed E-state index contributed by atoms with van der Waals surface area (Å²) in [5, 5.41) is 0. The summed E-state index contributed by atoms with van der Waals surface area (Å²) < 4.78 is 8.04. The Labute approximate surface area is 116 Å². The van der Waals surface area contributed by atoms with E-state index in [1.54, 1.807) is 0 Å². The lowest BCUT2D eigenvalue weighted by Crippen LogP contribution is -2.39. The van der Waals surface area contributed by atoms with E-state index in [0.29, 0.717) is 5.41 Å². The Kier molecular flexibility index (Phi) is 3.02. The molecule has 1 aromatic rings. The molecule has 1 aliphatic carbocycles. The monoisotopic (exact) mass is 262 g/mol. The minimum Gasteiger partial charge on any atom is -0.381 e. The first-order valence-corrected chi connectivity index (χ1v) is 7.45. The molecular weight excluding hydrogens is 236 g/mol. The van der Waals surface area contributed by atoms with Crippen LogP contribution in [0.1, 0.15) is 57.3 Å². The first kappa shape index (κ1) is 13.2. The number of hydrogen-bond donors (Lipinski definition) is 1. The maximum absolute atomic E-state index is 6.37. The number of nitrogens with zero attached hydrogens (tertiary/aromatic N) is 1. The van der Waals surface area contributed by atoms with Crippen LogP contribution >= 0.6 is 0 Å². The van der Waals surface area contributed by atoms with Crippen molar-refractivity contribution in [2.24, 2.45) is 11.1 Å². The van der Waals surface area contributed by atoms with E-state index in [1.165, 1.54) is 11.3 Å². The summed E-state index contributed by atoms with van der Waals surface area (Å²) in [5.74, 6) is 0. The Balaban J connectivity index is 2.01. The maximum atomic E-state index is 6.37. The second-order valence-corrected chi connectivity index (χ2v) is 7.35. The van der Waals surface area contributed by atoms with Crippen LogP contribution in [0.2, 0.25) is 0 Å². The summed E-state index contributed by atoms with van der Waals surface area (Å²) >= 11 is 0. The van der Waals surface area contributed by atoms with Gasteiger partial charge in [0.15, 0.2) is 0 Å². The molecule has 2 aliphatic rings. The Bertz CT molecular complexity index is 469. The Morgan fingerprint density at radius 2 is 1.95 bits per heavy atom. The van der Waals surface area contributed by atoms with Gasteiger partial charge in [-0.15, -0.1) is 0 Å². The number of aromatic nitrogens is 1. The Morgan fingerprint density at radius 1 is 1.26 bits per heavy atom. The molecule has 1 unspecified atom stereocenters. The molecule has 1 saturated heterocycles. The molecule has 0 radical (unpaired) electrons. The van der Waals surface area contributed by atoms with E-state index in [-0.39, 0.29) is 11.6 Å². The summed E-state index contributed by atoms with van der Waals surface area (Å²) in [6.07, 6.45) is 6.69. The minimum absolute atomic E-state index is 0.198. The van der Waals surface area contributed by atoms with E-state index in [1.807, 2.05) is 0 Å². The van der Waals surface area contributed by atoms with Crippen molar-refractivity contribution in [3.63, 3.8) is 0 Å². The van der Waals surface area contributed by atoms with Gasteiger partial charge >= 0.3 is 0 Å². The van der Waals surface area contributed by atoms with Crippen LogP contribution in [0.5, 0.6) is 0 Å². The van der Waals surface area contributed by atoms with Gasteiger partial charge in [0.1, 0.15) is 0 Å². The van der Waals surface area contributed by atoms with Crippen LogP contribution in [-0.4, -0.2) is 17.8 Å². The summed E-state index contributed by atoms with van der Waals surface area (Å²) in [6.45, 7) is 8.78. The van der Waals surface area contributed by atoms with Gasteiger partial charge < -0.3 is 15.0 Å². The summed E-state index contributed by atoms with van der Waals surface area (Å²) in [5.41, 5.74) is 9.72. The Hall–Kier alpha value is -0.800. The van der Waals surface area contributed by atoms with Gasteiger partial charge in [-0.2, -0.15) is 0 Å². The molecule has 3 nitrogen and oxygen atoms in total. The first-order chi connectivity index (χ1) is 8.91. The van der Waals surface area contributed by atoms with Crippen molar-refractivity contribution in [3.05, 3.63) is 23.5 Å². The molecule has 0 bridgehead atoms. The van der Waals surface area contributed by atoms with Crippen molar-refractivity contribution in [3.8, 4) is 0 Å². The van der Waals surface area contributed by atoms with Gasteiger partial charge in [-0.1, -0.05) is 13.8 Å². The molecule has 19 heavy (non-hydrogen) atoms. The first-order valence-electron chi connectivity index (χ1n) is 7.45. The Morgan fingerprint density at radius 3 is 2.63 bits per heavy atom. The van der Waals surface area contributed by atoms with Gasteiger partial charge in [-0.3, -0.25) is 0 Å². The molecule has 1 atom stereocenters. The fourth-order valence-corrected chi connectivity index (χ4v) is 3.79. The lowest BCUT2D eigenvalue weighted by atomic mass is 9.74. The topological polar surface area (TPSA) is 40.2 Å². The lowest BCUT2D eigenvalue weighted by molar-refractivity contribution is 0.0276. The van der Waals surface area contributed by atoms with Crippen molar-refractivity contribution in [2.75, 3.05) is 13.2 Å². The molecular formula is C16H26N2O. The average molecular weight is 262 g/mol. The van der Waals surface area contributed by atoms with E-state index in [0.717, 1.165) is 38.9 Å². The predicted octanol–water partition coefficient (Wildman–Crippen LogP) is 2.99. The number of fused-ring (bicyclic) bond motifs is 1. The van der Waals surface area contributed by atoms with E-state index in [9.17, 15) is 0 Å². The number of rotatable bonds is 1. The van der Waals surface area contributed by atoms with Gasteiger partial charge in [0.05, 0.1) is 0 Å². The van der Waals surface area contributed by atoms with Crippen LogP contribution in [0.3, 0.4) is 0 Å². The summed E-state index contributed by atoms with van der Waals surface area (Å²) in [4.78, 5) is 0. The van der Waals surface area contributed by atoms with Crippen LogP contribution in [0.25, 0.3) is 0 Å². The molecule has 2 heterocycles. The number of ether oxygens (including phenoxy) is 1. The molecule has 1 aromatic heterocycles. The quantitative estimate of drug-likeness (QED) is 0.845. The smallest absolute Gasteiger partial charge is 0.0488 e. The average Bonchev–Trinajstić information content (AvgIpc) is 2.72. The highest BCUT2D eigenvalue weighted by Gasteiger charge is 2.37. The number of nitrogens with two attached hydrogens (primary N) is 1. The second-order valence-electron chi connectivity index (χ2n) is 7.35. The normalized spacial score (nSPS) is 28.9. The van der Waals surface area contributed by atoms with Crippen LogP contribution in [0, 0.1) is 5.41 Å². The van der Waals surface area contributed by atoms with Gasteiger partial charge in [-0.05, 0) is 49.7 Å². The number of hydrogen-bond acceptors (Lipinski definition) is 2. The van der Waals surface area contributed by atoms with Crippen molar-refractivity contribution in [1.82, 2.24) is 4.57 Å². The van der Waals surface area contributed by atoms with E-state index in [4.69, 9.17) is 10.5 Å². The molecule has 3 rings (SSSR count). The summed E-state index contributed by atoms with van der Waals surface area (Å²) in [7, 11) is 0. The zero-order valence-electron chi connectivity index (χ0n) is 12.4. The summed E-state index contributed by atoms with van der Waals surface area (Å²) in [6, 6.07) is 2.44. The van der Waals surface area contributed by atoms with Crippen molar-refractivity contribution < 1.29 is 4.74 Å². The molecule has 0 aromatic carbocycles. The third kappa shape index (κ3) is 2.23. The third-order valence-electron chi connectivity index (χ3n) is 5.00. The van der Waals surface area contributed by atoms with Gasteiger partial charge in [0.25, 0.3) is 0 Å². The van der Waals surface area contributed by atoms with Crippen molar-refractivity contribution in [2.45, 2.75) is 58.0 Å². The van der Waals surface area contributed by atoms with E-state index < -0.39 is 0 Å². The third-order valence-corrected chi connectivity index (χ3v) is 5.00. The second kappa shape index (κ2) is 4.35. The molecule has 0 saturated carbocycles. The highest BCUT2D eigenvalue weighted by Crippen LogP contribution is 2.42. The standard InChI is InChI=1S/C16H26N2O/c1-15(2)10-13(17)12-4-7-18(14(12)11-15)16(3)5-8-19-9-6-16/h4,7,13H,5-6,8-11,17H2,1-3H3. The van der Waals surface area contributed by atoms with Crippen molar-refractivity contribution >= 4 is 0 Å². The van der Waals surface area contributed by atoms with E-state index >= 15 is 0 Å². The maximum Gasteiger partial charge on any atom is 0.0488 e. The van der Waals surface area contributed by atoms with Crippen LogP contribution in [-0.2, 0) is 16.7 Å². The molecule has 3 heteroatoms. The largest absolute Gasteiger partial charge is 0.381 e. The minimum atomic E-state index is 0.198. The molecule has 106 valence electrons. The highest BCUT2D eigenvalue weighted by molar-refractivity contribution is 5.31. The van der Waals surface area contributed by atoms with E-state index in [2.05, 4.69) is 37.6 Å². The van der Waals surface area contributed by atoms with Gasteiger partial charge in [0.2, 0.25) is 0 Å². The van der Waals surface area contributed by atoms with Crippen molar-refractivity contribution in [1.29, 1.82) is 0 Å². The fourth-order valence-electron chi connectivity index (χ4n) is 3.79. The van der Waals surface area contributed by atoms with Crippen LogP contribution < -0.4 is 5.73 Å². The van der Waals surface area contributed by atoms with Crippen LogP contribution in [0.4, 0.5) is 0 Å². The molecule has 0 amide bonds. The zero-order valence-corrected chi connectivity index (χ0v) is 12.4. The highest BCUT2D eigenvalue weighted by atomic mass is 16.5. The van der Waals surface area contributed by atoms with Gasteiger partial charge in [0, 0.05) is 36.7 Å². The molecule has 1 aliphatic heterocycles. The predicted molar refractivity (Wildman–Crippen MR) is 77.2 cm³/mol.